The van der Waals surface area contributed by atoms with Gasteiger partial charge in [-0.2, -0.15) is 0 Å². The third kappa shape index (κ3) is 3.63. The first-order valence-corrected chi connectivity index (χ1v) is 9.38. The zero-order valence-electron chi connectivity index (χ0n) is 17.2. The number of rotatable bonds is 4. The van der Waals surface area contributed by atoms with Crippen molar-refractivity contribution in [1.82, 2.24) is 10.6 Å². The van der Waals surface area contributed by atoms with Crippen LogP contribution in [0.15, 0.2) is 23.8 Å². The molecular weight excluding hydrogens is 400 g/mol. The second-order valence-electron chi connectivity index (χ2n) is 8.03. The Kier molecular flexibility index (Phi) is 5.54. The van der Waals surface area contributed by atoms with Gasteiger partial charge in [0.05, 0.1) is 20.3 Å². The van der Waals surface area contributed by atoms with Gasteiger partial charge >= 0.3 is 5.97 Å². The molecule has 0 unspecified atom stereocenters. The lowest BCUT2D eigenvalue weighted by Gasteiger charge is -2.50. The number of aliphatic hydroxyl groups excluding tert-OH is 1. The van der Waals surface area contributed by atoms with Crippen LogP contribution in [0.2, 0.25) is 0 Å². The molecule has 2 amide bonds. The minimum atomic E-state index is -2.38. The number of aliphatic hydroxyl groups is 2. The molecule has 4 heterocycles. The number of hydrogen-bond donors (Lipinski definition) is 4. The Morgan fingerprint density at radius 2 is 1.90 bits per heavy atom. The average Bonchev–Trinajstić information content (AvgIpc) is 2.96. The Labute approximate surface area is 173 Å². The summed E-state index contributed by atoms with van der Waals surface area (Å²) in [6.45, 7) is 4.67. The van der Waals surface area contributed by atoms with E-state index in [1.807, 2.05) is 0 Å². The highest BCUT2D eigenvalue weighted by atomic mass is 16.8. The van der Waals surface area contributed by atoms with Crippen LogP contribution >= 0.6 is 0 Å². The molecule has 0 saturated carbocycles. The fraction of sp³-hybridized carbons (Fsp3) is 0.632. The highest BCUT2D eigenvalue weighted by Gasteiger charge is 2.65. The van der Waals surface area contributed by atoms with E-state index in [1.54, 1.807) is 13.8 Å². The number of piperazine rings is 1. The first-order chi connectivity index (χ1) is 13.9. The van der Waals surface area contributed by atoms with E-state index in [1.165, 1.54) is 26.2 Å². The molecule has 0 spiro atoms. The maximum Gasteiger partial charge on any atom is 0.330 e. The van der Waals surface area contributed by atoms with Gasteiger partial charge in [-0.15, -0.1) is 0 Å². The van der Waals surface area contributed by atoms with Crippen molar-refractivity contribution in [3.8, 4) is 0 Å². The molecule has 2 bridgehead atoms. The van der Waals surface area contributed by atoms with Crippen molar-refractivity contribution in [2.75, 3.05) is 20.3 Å². The Balaban J connectivity index is 1.92. The van der Waals surface area contributed by atoms with Gasteiger partial charge in [-0.05, 0) is 32.8 Å². The van der Waals surface area contributed by atoms with Crippen molar-refractivity contribution in [2.24, 2.45) is 0 Å². The van der Waals surface area contributed by atoms with Gasteiger partial charge < -0.3 is 39.8 Å². The summed E-state index contributed by atoms with van der Waals surface area (Å²) in [6, 6.07) is 0. The van der Waals surface area contributed by atoms with E-state index < -0.39 is 46.7 Å². The molecule has 4 fully saturated rings. The SMILES string of the molecule is COC(=O)/C=C/C=C1\CCO[C@]2([C@@H](O)[C@]3(C)COC(C)(C)O3)NC(=O)[C@@]1(O)NC2=O. The molecule has 4 aliphatic heterocycles. The summed E-state index contributed by atoms with van der Waals surface area (Å²) in [5.74, 6) is -3.59. The first kappa shape index (κ1) is 22.4. The monoisotopic (exact) mass is 426 g/mol. The minimum Gasteiger partial charge on any atom is -0.466 e. The molecule has 166 valence electrons. The molecule has 0 aromatic carbocycles. The van der Waals surface area contributed by atoms with Crippen molar-refractivity contribution in [3.05, 3.63) is 23.8 Å². The highest BCUT2D eigenvalue weighted by molar-refractivity contribution is 6.03. The number of ether oxygens (including phenoxy) is 4. The van der Waals surface area contributed by atoms with Crippen molar-refractivity contribution < 1.29 is 43.5 Å². The minimum absolute atomic E-state index is 0.0315. The normalized spacial score (nSPS) is 38.1. The van der Waals surface area contributed by atoms with Gasteiger partial charge in [0, 0.05) is 6.08 Å². The van der Waals surface area contributed by atoms with Gasteiger partial charge in [0.15, 0.2) is 5.79 Å². The average molecular weight is 426 g/mol. The number of hydrogen-bond acceptors (Lipinski definition) is 9. The third-order valence-electron chi connectivity index (χ3n) is 5.31. The second-order valence-corrected chi connectivity index (χ2v) is 8.03. The number of esters is 1. The molecule has 4 aliphatic rings. The maximum atomic E-state index is 13.0. The lowest BCUT2D eigenvalue weighted by Crippen LogP contribution is -2.82. The molecule has 0 aromatic rings. The molecule has 11 heteroatoms. The van der Waals surface area contributed by atoms with E-state index in [0.717, 1.165) is 6.08 Å². The third-order valence-corrected chi connectivity index (χ3v) is 5.31. The van der Waals surface area contributed by atoms with Gasteiger partial charge in [-0.3, -0.25) is 9.59 Å². The molecule has 0 aliphatic carbocycles. The lowest BCUT2D eigenvalue weighted by molar-refractivity contribution is -0.240. The van der Waals surface area contributed by atoms with E-state index >= 15 is 0 Å². The van der Waals surface area contributed by atoms with Gasteiger partial charge in [-0.1, -0.05) is 12.2 Å². The molecule has 4 rings (SSSR count). The van der Waals surface area contributed by atoms with Crippen molar-refractivity contribution in [1.29, 1.82) is 0 Å². The zero-order chi connectivity index (χ0) is 22.4. The van der Waals surface area contributed by atoms with Crippen LogP contribution in [-0.2, 0) is 33.3 Å². The van der Waals surface area contributed by atoms with Crippen LogP contribution in [0.4, 0.5) is 0 Å². The molecule has 30 heavy (non-hydrogen) atoms. The quantitative estimate of drug-likeness (QED) is 0.314. The number of carbonyl (C=O) groups is 3. The van der Waals surface area contributed by atoms with Crippen molar-refractivity contribution >= 4 is 17.8 Å². The summed E-state index contributed by atoms with van der Waals surface area (Å²) in [6.07, 6.45) is 2.07. The molecule has 4 atom stereocenters. The van der Waals surface area contributed by atoms with Gasteiger partial charge in [0.1, 0.15) is 11.7 Å². The van der Waals surface area contributed by atoms with Crippen LogP contribution in [-0.4, -0.2) is 77.3 Å². The number of methoxy groups -OCH3 is 1. The Hall–Kier alpha value is -2.31. The first-order valence-electron chi connectivity index (χ1n) is 9.38. The number of amides is 2. The number of nitrogens with one attached hydrogen (secondary N) is 2. The summed E-state index contributed by atoms with van der Waals surface area (Å²) in [4.78, 5) is 37.0. The zero-order valence-corrected chi connectivity index (χ0v) is 17.2. The summed E-state index contributed by atoms with van der Waals surface area (Å²) in [5.41, 5.74) is -5.85. The maximum absolute atomic E-state index is 13.0. The number of carbonyl (C=O) groups excluding carboxylic acids is 3. The van der Waals surface area contributed by atoms with Crippen LogP contribution in [0, 0.1) is 0 Å². The highest BCUT2D eigenvalue weighted by Crippen LogP contribution is 2.40. The molecular formula is C19H26N2O9. The Bertz CT molecular complexity index is 823. The smallest absolute Gasteiger partial charge is 0.330 e. The number of allylic oxidation sites excluding steroid dienone is 2. The number of fused-ring (bicyclic) bond motifs is 5. The van der Waals surface area contributed by atoms with Crippen LogP contribution in [0.5, 0.6) is 0 Å². The fourth-order valence-electron chi connectivity index (χ4n) is 3.75. The Morgan fingerprint density at radius 1 is 1.20 bits per heavy atom. The van der Waals surface area contributed by atoms with Crippen LogP contribution in [0.25, 0.3) is 0 Å². The largest absolute Gasteiger partial charge is 0.466 e. The standard InChI is InChI=1S/C19H26N2O9/c1-16(2)29-10-17(3,30-16)13(23)19-15(25)20-18(26,14(24)21-19)11(8-9-28-19)6-5-7-12(22)27-4/h5-7,13,23,26H,8-10H2,1-4H3,(H,20,25)(H,21,24)/b7-5+,11-6+/t13-,17-,18+,19-/m0/s1. The second kappa shape index (κ2) is 7.43. The van der Waals surface area contributed by atoms with Crippen molar-refractivity contribution in [2.45, 2.75) is 56.1 Å². The molecule has 4 saturated heterocycles. The summed E-state index contributed by atoms with van der Waals surface area (Å²) >= 11 is 0. The van der Waals surface area contributed by atoms with Crippen molar-refractivity contribution in [3.63, 3.8) is 0 Å². The lowest BCUT2D eigenvalue weighted by atomic mass is 9.84. The predicted molar refractivity (Wildman–Crippen MR) is 99.3 cm³/mol. The predicted octanol–water partition coefficient (Wildman–Crippen LogP) is -1.40. The van der Waals surface area contributed by atoms with E-state index in [2.05, 4.69) is 15.4 Å². The van der Waals surface area contributed by atoms with E-state index in [9.17, 15) is 24.6 Å². The molecule has 4 N–H and O–H groups in total. The molecule has 0 aromatic heterocycles. The van der Waals surface area contributed by atoms with Gasteiger partial charge in [0.2, 0.25) is 5.72 Å². The van der Waals surface area contributed by atoms with Crippen LogP contribution < -0.4 is 10.6 Å². The Morgan fingerprint density at radius 3 is 2.50 bits per heavy atom. The van der Waals surface area contributed by atoms with E-state index in [-0.39, 0.29) is 25.2 Å². The van der Waals surface area contributed by atoms with E-state index in [4.69, 9.17) is 14.2 Å². The van der Waals surface area contributed by atoms with Gasteiger partial charge in [0.25, 0.3) is 17.5 Å². The van der Waals surface area contributed by atoms with E-state index in [0.29, 0.717) is 0 Å². The topological polar surface area (TPSA) is 153 Å². The fourth-order valence-corrected chi connectivity index (χ4v) is 3.75. The van der Waals surface area contributed by atoms with Crippen LogP contribution in [0.3, 0.4) is 0 Å². The summed E-state index contributed by atoms with van der Waals surface area (Å²) < 4.78 is 21.4. The molecule has 0 radical (unpaired) electrons. The molecule has 11 nitrogen and oxygen atoms in total. The van der Waals surface area contributed by atoms with Crippen LogP contribution in [0.1, 0.15) is 27.2 Å². The summed E-state index contributed by atoms with van der Waals surface area (Å²) in [5, 5.41) is 26.5. The summed E-state index contributed by atoms with van der Waals surface area (Å²) in [7, 11) is 1.21. The van der Waals surface area contributed by atoms with Gasteiger partial charge in [-0.25, -0.2) is 4.79 Å².